The number of hydrogen-bond acceptors (Lipinski definition) is 6. The maximum Gasteiger partial charge on any atom is 0.326 e. The van der Waals surface area contributed by atoms with E-state index in [9.17, 15) is 24.6 Å². The molecular formula is C39H50N4O6. The van der Waals surface area contributed by atoms with Gasteiger partial charge < -0.3 is 30.7 Å². The summed E-state index contributed by atoms with van der Waals surface area (Å²) in [6.07, 6.45) is 17.3. The molecule has 0 bridgehead atoms. The predicted molar refractivity (Wildman–Crippen MR) is 187 cm³/mol. The van der Waals surface area contributed by atoms with Crippen molar-refractivity contribution >= 4 is 34.4 Å². The largest absolute Gasteiger partial charge is 0.480 e. The molecule has 6 rings (SSSR count). The van der Waals surface area contributed by atoms with Crippen molar-refractivity contribution in [2.24, 2.45) is 39.7 Å². The second-order valence-electron chi connectivity index (χ2n) is 15.6. The number of rotatable bonds is 10. The molecule has 4 aliphatic rings. The lowest BCUT2D eigenvalue weighted by Gasteiger charge is -2.58. The van der Waals surface area contributed by atoms with E-state index in [1.165, 1.54) is 5.57 Å². The first-order chi connectivity index (χ1) is 23.3. The predicted octanol–water partition coefficient (Wildman–Crippen LogP) is 5.12. The summed E-state index contributed by atoms with van der Waals surface area (Å²) in [7, 11) is 0. The van der Waals surface area contributed by atoms with Crippen LogP contribution in [-0.2, 0) is 25.6 Å². The third kappa shape index (κ3) is 6.27. The Kier molecular flexibility index (Phi) is 9.44. The molecule has 0 aliphatic heterocycles. The van der Waals surface area contributed by atoms with Crippen LogP contribution in [0.4, 0.5) is 0 Å². The molecule has 3 fully saturated rings. The molecule has 8 atom stereocenters. The molecule has 4 aliphatic carbocycles. The van der Waals surface area contributed by atoms with Crippen molar-refractivity contribution in [2.75, 3.05) is 6.61 Å². The Balaban J connectivity index is 1.04. The summed E-state index contributed by atoms with van der Waals surface area (Å²) in [5.74, 6) is 1.76. The minimum Gasteiger partial charge on any atom is -0.480 e. The molecule has 10 heteroatoms. The van der Waals surface area contributed by atoms with Gasteiger partial charge in [0.2, 0.25) is 5.91 Å². The highest BCUT2D eigenvalue weighted by molar-refractivity contribution is 5.96. The van der Waals surface area contributed by atoms with Gasteiger partial charge in [-0.2, -0.15) is 0 Å². The van der Waals surface area contributed by atoms with E-state index < -0.39 is 35.5 Å². The van der Waals surface area contributed by atoms with Crippen LogP contribution in [-0.4, -0.2) is 63.0 Å². The van der Waals surface area contributed by atoms with Crippen molar-refractivity contribution < 1.29 is 29.4 Å². The van der Waals surface area contributed by atoms with Crippen LogP contribution in [0.25, 0.3) is 10.9 Å². The maximum absolute atomic E-state index is 13.2. The van der Waals surface area contributed by atoms with E-state index in [0.717, 1.165) is 67.1 Å². The lowest BCUT2D eigenvalue weighted by molar-refractivity contribution is -0.142. The number of carboxylic acids is 1. The Morgan fingerprint density at radius 3 is 2.57 bits per heavy atom. The number of nitrogens with one attached hydrogen (secondary N) is 3. The summed E-state index contributed by atoms with van der Waals surface area (Å²) in [5.41, 5.74) is 2.70. The van der Waals surface area contributed by atoms with E-state index in [2.05, 4.69) is 46.6 Å². The lowest BCUT2D eigenvalue weighted by Crippen LogP contribution is -2.54. The number of carboxylic acid groups (broad SMARTS) is 1. The zero-order chi connectivity index (χ0) is 35.1. The molecule has 0 spiro atoms. The number of fused-ring (bicyclic) bond motifs is 6. The number of aliphatic hydroxyl groups is 1. The van der Waals surface area contributed by atoms with Crippen LogP contribution >= 0.6 is 0 Å². The molecule has 8 unspecified atom stereocenters. The minimum atomic E-state index is -1.17. The highest BCUT2D eigenvalue weighted by Gasteiger charge is 2.63. The summed E-state index contributed by atoms with van der Waals surface area (Å²) in [4.78, 5) is 46.9. The summed E-state index contributed by atoms with van der Waals surface area (Å²) in [5, 5.41) is 31.7. The molecule has 0 radical (unpaired) electrons. The Bertz CT molecular complexity index is 1720. The minimum absolute atomic E-state index is 0.0668. The first-order valence-electron chi connectivity index (χ1n) is 17.8. The molecule has 2 aromatic rings. The highest BCUT2D eigenvalue weighted by Crippen LogP contribution is 2.67. The van der Waals surface area contributed by atoms with E-state index in [1.54, 1.807) is 20.0 Å². The standard InChI is InChI=1S/C39H50N4O6/c1-6-39(48)18-15-30-28-12-11-25-20-26(13-16-37(25,4)29(28)14-17-38(30,39)5)43-49-22-33(44)42-34(23(2)3)35(45)41-32(36(46)47)19-24-21-40-31-10-8-7-9-27(24)31/h1,7-10,20-21,23,28-30,32,34,40,48H,11-19,22H2,2-5H3,(H,41,45)(H,42,44)(H,46,47). The van der Waals surface area contributed by atoms with Crippen LogP contribution in [0.5, 0.6) is 0 Å². The Hall–Kier alpha value is -4.10. The van der Waals surface area contributed by atoms with Gasteiger partial charge in [-0.05, 0) is 98.2 Å². The van der Waals surface area contributed by atoms with Crippen molar-refractivity contribution in [1.82, 2.24) is 15.6 Å². The summed E-state index contributed by atoms with van der Waals surface area (Å²) in [6, 6.07) is 5.45. The number of amides is 2. The van der Waals surface area contributed by atoms with Crippen molar-refractivity contribution in [3.8, 4) is 12.3 Å². The average Bonchev–Trinajstić information content (AvgIpc) is 3.60. The number of hydrogen-bond donors (Lipinski definition) is 5. The topological polar surface area (TPSA) is 153 Å². The molecule has 262 valence electrons. The lowest BCUT2D eigenvalue weighted by atomic mass is 9.46. The van der Waals surface area contributed by atoms with Crippen LogP contribution in [0, 0.1) is 46.8 Å². The number of para-hydroxylation sites is 1. The number of aromatic nitrogens is 1. The molecule has 1 aromatic carbocycles. The summed E-state index contributed by atoms with van der Waals surface area (Å²) in [6.45, 7) is 7.81. The van der Waals surface area contributed by atoms with Crippen LogP contribution in [0.15, 0.2) is 47.3 Å². The van der Waals surface area contributed by atoms with Gasteiger partial charge in [0.1, 0.15) is 17.7 Å². The van der Waals surface area contributed by atoms with Gasteiger partial charge in [0.05, 0.1) is 5.71 Å². The van der Waals surface area contributed by atoms with Gasteiger partial charge in [0, 0.05) is 28.9 Å². The molecule has 5 N–H and O–H groups in total. The normalized spacial score (nSPS) is 32.6. The van der Waals surface area contributed by atoms with Gasteiger partial charge in [-0.3, -0.25) is 9.59 Å². The van der Waals surface area contributed by atoms with Crippen molar-refractivity contribution in [3.63, 3.8) is 0 Å². The Morgan fingerprint density at radius 1 is 1.08 bits per heavy atom. The van der Waals surface area contributed by atoms with Crippen molar-refractivity contribution in [3.05, 3.63) is 47.7 Å². The monoisotopic (exact) mass is 670 g/mol. The maximum atomic E-state index is 13.2. The van der Waals surface area contributed by atoms with E-state index in [-0.39, 0.29) is 29.8 Å². The number of H-pyrrole nitrogens is 1. The second-order valence-corrected chi connectivity index (χ2v) is 15.6. The number of aromatic amines is 1. The second kappa shape index (κ2) is 13.3. The van der Waals surface area contributed by atoms with Crippen LogP contribution in [0.3, 0.4) is 0 Å². The van der Waals surface area contributed by atoms with E-state index in [0.29, 0.717) is 24.2 Å². The van der Waals surface area contributed by atoms with Crippen molar-refractivity contribution in [1.29, 1.82) is 0 Å². The molecule has 10 nitrogen and oxygen atoms in total. The molecule has 2 amide bonds. The quantitative estimate of drug-likeness (QED) is 0.175. The number of aliphatic carboxylic acids is 1. The fraction of sp³-hybridized carbons (Fsp3) is 0.590. The van der Waals surface area contributed by atoms with Crippen LogP contribution in [0.1, 0.15) is 84.6 Å². The zero-order valence-electron chi connectivity index (χ0n) is 29.1. The number of benzene rings is 1. The number of nitrogens with zero attached hydrogens (tertiary/aromatic N) is 1. The molecule has 0 saturated heterocycles. The molecule has 1 aromatic heterocycles. The smallest absolute Gasteiger partial charge is 0.326 e. The number of carbonyl (C=O) groups is 3. The first-order valence-corrected chi connectivity index (χ1v) is 17.8. The number of terminal acetylenes is 1. The molecule has 49 heavy (non-hydrogen) atoms. The van der Waals surface area contributed by atoms with Gasteiger partial charge in [0.15, 0.2) is 6.61 Å². The van der Waals surface area contributed by atoms with Gasteiger partial charge in [-0.1, -0.05) is 62.5 Å². The van der Waals surface area contributed by atoms with Crippen LogP contribution in [0.2, 0.25) is 0 Å². The third-order valence-electron chi connectivity index (χ3n) is 12.7. The van der Waals surface area contributed by atoms with Gasteiger partial charge in [-0.25, -0.2) is 4.79 Å². The van der Waals surface area contributed by atoms with Gasteiger partial charge >= 0.3 is 5.97 Å². The fourth-order valence-electron chi connectivity index (χ4n) is 9.80. The van der Waals surface area contributed by atoms with E-state index in [1.807, 2.05) is 24.3 Å². The van der Waals surface area contributed by atoms with Crippen LogP contribution < -0.4 is 10.6 Å². The van der Waals surface area contributed by atoms with E-state index in [4.69, 9.17) is 11.3 Å². The highest BCUT2D eigenvalue weighted by atomic mass is 16.6. The number of oxime groups is 1. The Morgan fingerprint density at radius 2 is 1.84 bits per heavy atom. The summed E-state index contributed by atoms with van der Waals surface area (Å²) >= 11 is 0. The summed E-state index contributed by atoms with van der Waals surface area (Å²) < 4.78 is 0. The van der Waals surface area contributed by atoms with Crippen molar-refractivity contribution in [2.45, 2.75) is 103 Å². The Labute approximate surface area is 288 Å². The SMILES string of the molecule is C#CC1(O)CCC2C3CCC4=CC(=NOCC(=O)NC(C(=O)NC(Cc5c[nH]c6ccccc56)C(=O)O)C(C)C)CCC4(C)C3CCC21C. The van der Waals surface area contributed by atoms with E-state index >= 15 is 0 Å². The van der Waals surface area contributed by atoms with Gasteiger partial charge in [-0.15, -0.1) is 6.42 Å². The zero-order valence-corrected chi connectivity index (χ0v) is 29.1. The molecule has 3 saturated carbocycles. The average molecular weight is 671 g/mol. The molecule has 1 heterocycles. The number of allylic oxidation sites excluding steroid dienone is 2. The fourth-order valence-corrected chi connectivity index (χ4v) is 9.80. The van der Waals surface area contributed by atoms with Gasteiger partial charge in [0.25, 0.3) is 5.91 Å². The third-order valence-corrected chi connectivity index (χ3v) is 12.7. The molecular weight excluding hydrogens is 620 g/mol. The number of carbonyl (C=O) groups excluding carboxylic acids is 2. The first kappa shape index (κ1) is 34.8.